The van der Waals surface area contributed by atoms with Crippen molar-refractivity contribution in [1.82, 2.24) is 19.1 Å². The minimum atomic E-state index is 0.452. The van der Waals surface area contributed by atoms with Crippen LogP contribution in [0, 0.1) is 3.70 Å². The predicted molar refractivity (Wildman–Crippen MR) is 140 cm³/mol. The topological polar surface area (TPSA) is 71.2 Å². The number of carbonyl (C=O) groups is 1. The molecule has 0 bridgehead atoms. The SMILES string of the molecule is Brc1ccc2c(c1)-c1nc(I)cn1CCO2.O=Cc1cn2c(n1)-c1cc(Br)ccc1OCC2. The lowest BCUT2D eigenvalue weighted by Gasteiger charge is -2.05. The number of benzene rings is 2. The number of halogens is 3. The van der Waals surface area contributed by atoms with E-state index in [1.54, 1.807) is 6.20 Å². The molecule has 0 aliphatic carbocycles. The van der Waals surface area contributed by atoms with Crippen molar-refractivity contribution in [3.8, 4) is 34.3 Å². The van der Waals surface area contributed by atoms with Crippen molar-refractivity contribution in [2.24, 2.45) is 0 Å². The summed E-state index contributed by atoms with van der Waals surface area (Å²) in [6, 6.07) is 11.8. The van der Waals surface area contributed by atoms with Gasteiger partial charge in [-0.2, -0.15) is 0 Å². The minimum absolute atomic E-state index is 0.452. The summed E-state index contributed by atoms with van der Waals surface area (Å²) in [6.07, 6.45) is 4.57. The first-order chi connectivity index (χ1) is 16.0. The maximum atomic E-state index is 10.8. The van der Waals surface area contributed by atoms with E-state index in [1.165, 1.54) is 0 Å². The number of aromatic nitrogens is 4. The molecule has 6 rings (SSSR count). The summed E-state index contributed by atoms with van der Waals surface area (Å²) in [6.45, 7) is 2.81. The molecule has 4 heterocycles. The van der Waals surface area contributed by atoms with E-state index in [-0.39, 0.29) is 0 Å². The monoisotopic (exact) mass is 682 g/mol. The largest absolute Gasteiger partial charge is 0.491 e. The van der Waals surface area contributed by atoms with Crippen LogP contribution in [-0.2, 0) is 13.1 Å². The second kappa shape index (κ2) is 9.59. The second-order valence-electron chi connectivity index (χ2n) is 7.36. The molecule has 0 fully saturated rings. The molecule has 2 aromatic heterocycles. The molecule has 33 heavy (non-hydrogen) atoms. The Morgan fingerprint density at radius 2 is 1.39 bits per heavy atom. The zero-order valence-electron chi connectivity index (χ0n) is 17.2. The van der Waals surface area contributed by atoms with Gasteiger partial charge in [0, 0.05) is 21.3 Å². The van der Waals surface area contributed by atoms with Crippen LogP contribution in [0.15, 0.2) is 57.7 Å². The fourth-order valence-corrected chi connectivity index (χ4v) is 5.05. The third kappa shape index (κ3) is 4.73. The molecule has 168 valence electrons. The molecule has 0 unspecified atom stereocenters. The number of ether oxygens (including phenoxy) is 2. The fraction of sp³-hybridized carbons (Fsp3) is 0.174. The number of rotatable bonds is 1. The average Bonchev–Trinajstić information content (AvgIpc) is 3.29. The van der Waals surface area contributed by atoms with Gasteiger partial charge in [-0.3, -0.25) is 4.79 Å². The number of fused-ring (bicyclic) bond motifs is 6. The van der Waals surface area contributed by atoms with Gasteiger partial charge in [0.05, 0.1) is 24.2 Å². The lowest BCUT2D eigenvalue weighted by Crippen LogP contribution is -2.04. The molecule has 0 N–H and O–H groups in total. The van der Waals surface area contributed by atoms with E-state index in [0.29, 0.717) is 25.5 Å². The van der Waals surface area contributed by atoms with Crippen LogP contribution in [0.1, 0.15) is 10.5 Å². The summed E-state index contributed by atoms with van der Waals surface area (Å²) in [5, 5.41) is 0. The summed E-state index contributed by atoms with van der Waals surface area (Å²) in [5.74, 6) is 3.47. The summed E-state index contributed by atoms with van der Waals surface area (Å²) in [7, 11) is 0. The third-order valence-electron chi connectivity index (χ3n) is 5.21. The molecule has 4 aromatic rings. The molecule has 0 spiro atoms. The quantitative estimate of drug-likeness (QED) is 0.187. The highest BCUT2D eigenvalue weighted by atomic mass is 127. The van der Waals surface area contributed by atoms with Crippen molar-refractivity contribution in [3.05, 3.63) is 67.1 Å². The molecular weight excluding hydrogens is 667 g/mol. The lowest BCUT2D eigenvalue weighted by molar-refractivity contribution is 0.111. The number of hydrogen-bond donors (Lipinski definition) is 0. The summed E-state index contributed by atoms with van der Waals surface area (Å²) in [4.78, 5) is 19.6. The van der Waals surface area contributed by atoms with Crippen LogP contribution >= 0.6 is 54.5 Å². The van der Waals surface area contributed by atoms with Crippen LogP contribution in [0.25, 0.3) is 22.8 Å². The molecule has 7 nitrogen and oxygen atoms in total. The molecule has 0 saturated carbocycles. The number of aldehydes is 1. The lowest BCUT2D eigenvalue weighted by atomic mass is 10.2. The van der Waals surface area contributed by atoms with Crippen molar-refractivity contribution in [3.63, 3.8) is 0 Å². The van der Waals surface area contributed by atoms with E-state index >= 15 is 0 Å². The molecule has 10 heteroatoms. The molecule has 0 saturated heterocycles. The Kier molecular flexibility index (Phi) is 6.57. The molecular formula is C23H17Br2IN4O3. The van der Waals surface area contributed by atoms with E-state index < -0.39 is 0 Å². The zero-order valence-corrected chi connectivity index (χ0v) is 22.5. The first-order valence-electron chi connectivity index (χ1n) is 10.1. The first kappa shape index (κ1) is 22.6. The summed E-state index contributed by atoms with van der Waals surface area (Å²) in [5.41, 5.74) is 2.41. The average molecular weight is 684 g/mol. The Labute approximate surface area is 220 Å². The normalized spacial score (nSPS) is 13.4. The number of hydrogen-bond acceptors (Lipinski definition) is 5. The smallest absolute Gasteiger partial charge is 0.170 e. The highest BCUT2D eigenvalue weighted by molar-refractivity contribution is 14.1. The summed E-state index contributed by atoms with van der Waals surface area (Å²) < 4.78 is 18.5. The standard InChI is InChI=1S/C12H9BrN2O2.C11H8BrIN2O/c13-8-1-2-11-10(5-8)12-14-9(7-16)6-15(12)3-4-17-11;12-7-1-2-9-8(5-7)11-14-10(13)6-15(11)3-4-16-9/h1-2,5-7H,3-4H2;1-2,5-6H,3-4H2. The van der Waals surface area contributed by atoms with Crippen molar-refractivity contribution >= 4 is 60.7 Å². The Morgan fingerprint density at radius 1 is 0.848 bits per heavy atom. The molecule has 2 aliphatic rings. The van der Waals surface area contributed by atoms with Crippen molar-refractivity contribution < 1.29 is 14.3 Å². The van der Waals surface area contributed by atoms with Crippen LogP contribution in [0.5, 0.6) is 11.5 Å². The van der Waals surface area contributed by atoms with Gasteiger partial charge in [0.2, 0.25) is 0 Å². The van der Waals surface area contributed by atoms with Gasteiger partial charge in [-0.1, -0.05) is 31.9 Å². The van der Waals surface area contributed by atoms with Crippen molar-refractivity contribution in [2.75, 3.05) is 13.2 Å². The highest BCUT2D eigenvalue weighted by Gasteiger charge is 2.19. The maximum absolute atomic E-state index is 10.8. The predicted octanol–water partition coefficient (Wildman–Crippen LogP) is 5.83. The second-order valence-corrected chi connectivity index (χ2v) is 10.3. The Morgan fingerprint density at radius 3 is 1.97 bits per heavy atom. The zero-order chi connectivity index (χ0) is 22.9. The first-order valence-corrected chi connectivity index (χ1v) is 12.8. The Hall–Kier alpha value is -2.18. The fourth-order valence-electron chi connectivity index (χ4n) is 3.76. The third-order valence-corrected chi connectivity index (χ3v) is 6.71. The van der Waals surface area contributed by atoms with E-state index in [2.05, 4.69) is 81.2 Å². The van der Waals surface area contributed by atoms with Crippen LogP contribution in [-0.4, -0.2) is 38.6 Å². The van der Waals surface area contributed by atoms with Gasteiger partial charge in [0.1, 0.15) is 45.8 Å². The van der Waals surface area contributed by atoms with Crippen molar-refractivity contribution in [1.29, 1.82) is 0 Å². The van der Waals surface area contributed by atoms with E-state index in [0.717, 1.165) is 59.8 Å². The molecule has 2 aromatic carbocycles. The molecule has 0 amide bonds. The van der Waals surface area contributed by atoms with Crippen LogP contribution in [0.3, 0.4) is 0 Å². The number of carbonyl (C=O) groups excluding carboxylic acids is 1. The van der Waals surface area contributed by atoms with Crippen molar-refractivity contribution in [2.45, 2.75) is 13.1 Å². The molecule has 2 aliphatic heterocycles. The van der Waals surface area contributed by atoms with Gasteiger partial charge < -0.3 is 18.6 Å². The van der Waals surface area contributed by atoms with Crippen LogP contribution < -0.4 is 9.47 Å². The Balaban J connectivity index is 0.000000139. The highest BCUT2D eigenvalue weighted by Crippen LogP contribution is 2.35. The maximum Gasteiger partial charge on any atom is 0.170 e. The van der Waals surface area contributed by atoms with E-state index in [4.69, 9.17) is 9.47 Å². The van der Waals surface area contributed by atoms with Gasteiger partial charge in [0.15, 0.2) is 6.29 Å². The van der Waals surface area contributed by atoms with Gasteiger partial charge in [-0.15, -0.1) is 0 Å². The van der Waals surface area contributed by atoms with Gasteiger partial charge in [-0.25, -0.2) is 9.97 Å². The minimum Gasteiger partial charge on any atom is -0.491 e. The number of nitrogens with zero attached hydrogens (tertiary/aromatic N) is 4. The van der Waals surface area contributed by atoms with Gasteiger partial charge >= 0.3 is 0 Å². The van der Waals surface area contributed by atoms with E-state index in [9.17, 15) is 4.79 Å². The number of imidazole rings is 2. The van der Waals surface area contributed by atoms with Crippen LogP contribution in [0.2, 0.25) is 0 Å². The van der Waals surface area contributed by atoms with Crippen LogP contribution in [0.4, 0.5) is 0 Å². The van der Waals surface area contributed by atoms with Gasteiger partial charge in [0.25, 0.3) is 0 Å². The van der Waals surface area contributed by atoms with Gasteiger partial charge in [-0.05, 0) is 59.0 Å². The molecule has 0 atom stereocenters. The summed E-state index contributed by atoms with van der Waals surface area (Å²) >= 11 is 9.15. The molecule has 0 radical (unpaired) electrons. The Bertz CT molecular complexity index is 1350. The van der Waals surface area contributed by atoms with E-state index in [1.807, 2.05) is 34.9 Å².